The summed E-state index contributed by atoms with van der Waals surface area (Å²) in [6.07, 6.45) is -0.0887. The normalized spacial score (nSPS) is 20.4. The van der Waals surface area contributed by atoms with Crippen molar-refractivity contribution in [3.63, 3.8) is 0 Å². The van der Waals surface area contributed by atoms with Gasteiger partial charge >= 0.3 is 0 Å². The quantitative estimate of drug-likeness (QED) is 0.618. The highest BCUT2D eigenvalue weighted by Crippen LogP contribution is 2.01. The van der Waals surface area contributed by atoms with Crippen LogP contribution in [0, 0.1) is 0 Å². The number of nitrogens with one attached hydrogen (secondary N) is 2. The van der Waals surface area contributed by atoms with Crippen molar-refractivity contribution in [3.05, 3.63) is 0 Å². The third-order valence-corrected chi connectivity index (χ3v) is 3.27. The first-order chi connectivity index (χ1) is 8.69. The Bertz CT molecular complexity index is 245. The van der Waals surface area contributed by atoms with Crippen LogP contribution in [0.5, 0.6) is 0 Å². The lowest BCUT2D eigenvalue weighted by Gasteiger charge is -2.32. The number of piperazine rings is 1. The fraction of sp³-hybridized carbons (Fsp3) is 0.917. The minimum absolute atomic E-state index is 0.0510. The van der Waals surface area contributed by atoms with E-state index >= 15 is 0 Å². The molecule has 1 fully saturated rings. The fourth-order valence-electron chi connectivity index (χ4n) is 1.99. The zero-order chi connectivity index (χ0) is 13.4. The summed E-state index contributed by atoms with van der Waals surface area (Å²) in [6, 6.07) is -0.0906. The zero-order valence-electron chi connectivity index (χ0n) is 11.6. The molecule has 1 aliphatic heterocycles. The van der Waals surface area contributed by atoms with Gasteiger partial charge in [-0.3, -0.25) is 9.69 Å². The molecule has 0 aliphatic carbocycles. The predicted molar refractivity (Wildman–Crippen MR) is 69.6 cm³/mol. The number of hydrogen-bond donors (Lipinski definition) is 2. The van der Waals surface area contributed by atoms with Crippen LogP contribution in [0.4, 0.5) is 0 Å². The number of rotatable bonds is 7. The first kappa shape index (κ1) is 15.4. The van der Waals surface area contributed by atoms with Crippen molar-refractivity contribution in [1.29, 1.82) is 0 Å². The van der Waals surface area contributed by atoms with Crippen LogP contribution in [0.2, 0.25) is 0 Å². The number of carbonyl (C=O) groups is 1. The molecule has 2 atom stereocenters. The number of ether oxygens (including phenoxy) is 2. The molecule has 1 saturated heterocycles. The van der Waals surface area contributed by atoms with Crippen molar-refractivity contribution < 1.29 is 14.3 Å². The molecule has 6 heteroatoms. The third kappa shape index (κ3) is 4.89. The van der Waals surface area contributed by atoms with Gasteiger partial charge in [-0.2, -0.15) is 0 Å². The topological polar surface area (TPSA) is 62.8 Å². The highest BCUT2D eigenvalue weighted by Gasteiger charge is 2.22. The predicted octanol–water partition coefficient (Wildman–Crippen LogP) is -0.942. The molecule has 106 valence electrons. The van der Waals surface area contributed by atoms with E-state index < -0.39 is 0 Å². The van der Waals surface area contributed by atoms with Gasteiger partial charge in [-0.15, -0.1) is 0 Å². The average Bonchev–Trinajstić information content (AvgIpc) is 2.43. The van der Waals surface area contributed by atoms with E-state index in [-0.39, 0.29) is 18.1 Å². The molecular weight excluding hydrogens is 234 g/mol. The summed E-state index contributed by atoms with van der Waals surface area (Å²) in [5.41, 5.74) is 0. The van der Waals surface area contributed by atoms with Gasteiger partial charge in [-0.25, -0.2) is 0 Å². The molecule has 0 aromatic rings. The second kappa shape index (κ2) is 8.42. The van der Waals surface area contributed by atoms with Crippen molar-refractivity contribution in [2.45, 2.75) is 19.1 Å². The molecule has 18 heavy (non-hydrogen) atoms. The summed E-state index contributed by atoms with van der Waals surface area (Å²) >= 11 is 0. The van der Waals surface area contributed by atoms with Gasteiger partial charge in [0.15, 0.2) is 0 Å². The van der Waals surface area contributed by atoms with E-state index in [9.17, 15) is 4.79 Å². The summed E-state index contributed by atoms with van der Waals surface area (Å²) < 4.78 is 10.2. The highest BCUT2D eigenvalue weighted by molar-refractivity contribution is 5.81. The van der Waals surface area contributed by atoms with E-state index in [0.717, 1.165) is 26.2 Å². The van der Waals surface area contributed by atoms with E-state index in [1.165, 1.54) is 0 Å². The molecule has 1 aliphatic rings. The maximum atomic E-state index is 12.0. The van der Waals surface area contributed by atoms with E-state index in [4.69, 9.17) is 9.47 Å². The first-order valence-corrected chi connectivity index (χ1v) is 6.43. The summed E-state index contributed by atoms with van der Waals surface area (Å²) in [5, 5.41) is 6.18. The molecule has 6 nitrogen and oxygen atoms in total. The summed E-state index contributed by atoms with van der Waals surface area (Å²) in [5.74, 6) is 0.0510. The Kier molecular flexibility index (Phi) is 7.19. The van der Waals surface area contributed by atoms with Crippen molar-refractivity contribution in [2.75, 3.05) is 53.6 Å². The molecule has 0 aromatic carbocycles. The van der Waals surface area contributed by atoms with Crippen LogP contribution in [0.3, 0.4) is 0 Å². The van der Waals surface area contributed by atoms with Gasteiger partial charge in [0.1, 0.15) is 0 Å². The molecule has 0 spiro atoms. The van der Waals surface area contributed by atoms with Gasteiger partial charge in [-0.05, 0) is 6.92 Å². The lowest BCUT2D eigenvalue weighted by atomic mass is 10.2. The highest BCUT2D eigenvalue weighted by atomic mass is 16.5. The Morgan fingerprint density at radius 3 is 2.61 bits per heavy atom. The smallest absolute Gasteiger partial charge is 0.237 e. The number of amides is 1. The molecule has 0 bridgehead atoms. The second-order valence-electron chi connectivity index (χ2n) is 4.52. The third-order valence-electron chi connectivity index (χ3n) is 3.27. The van der Waals surface area contributed by atoms with Gasteiger partial charge in [0.2, 0.25) is 5.91 Å². The standard InChI is InChI=1S/C12H25N3O3/c1-10(15-6-4-13-5-7-15)12(16)14-8-11(18-3)9-17-2/h10-11,13H,4-9H2,1-3H3,(H,14,16). The van der Waals surface area contributed by atoms with Gasteiger partial charge in [0.25, 0.3) is 0 Å². The summed E-state index contributed by atoms with van der Waals surface area (Å²) in [7, 11) is 3.24. The summed E-state index contributed by atoms with van der Waals surface area (Å²) in [4.78, 5) is 14.2. The van der Waals surface area contributed by atoms with Gasteiger partial charge in [-0.1, -0.05) is 0 Å². The molecule has 1 rings (SSSR count). The van der Waals surface area contributed by atoms with Crippen molar-refractivity contribution in [1.82, 2.24) is 15.5 Å². The van der Waals surface area contributed by atoms with Crippen molar-refractivity contribution >= 4 is 5.91 Å². The SMILES string of the molecule is COCC(CNC(=O)C(C)N1CCNCC1)OC. The minimum atomic E-state index is -0.0906. The lowest BCUT2D eigenvalue weighted by molar-refractivity contribution is -0.126. The van der Waals surface area contributed by atoms with Crippen LogP contribution >= 0.6 is 0 Å². The zero-order valence-corrected chi connectivity index (χ0v) is 11.6. The monoisotopic (exact) mass is 259 g/mol. The number of nitrogens with zero attached hydrogens (tertiary/aromatic N) is 1. The fourth-order valence-corrected chi connectivity index (χ4v) is 1.99. The van der Waals surface area contributed by atoms with Crippen LogP contribution in [0.25, 0.3) is 0 Å². The van der Waals surface area contributed by atoms with E-state index in [0.29, 0.717) is 13.2 Å². The number of methoxy groups -OCH3 is 2. The second-order valence-corrected chi connectivity index (χ2v) is 4.52. The largest absolute Gasteiger partial charge is 0.382 e. The Balaban J connectivity index is 2.29. The van der Waals surface area contributed by atoms with Crippen molar-refractivity contribution in [2.24, 2.45) is 0 Å². The molecule has 1 heterocycles. The Hall–Kier alpha value is -0.690. The first-order valence-electron chi connectivity index (χ1n) is 6.43. The van der Waals surface area contributed by atoms with Crippen LogP contribution in [-0.4, -0.2) is 76.5 Å². The van der Waals surface area contributed by atoms with Crippen LogP contribution in [0.1, 0.15) is 6.92 Å². The summed E-state index contributed by atoms with van der Waals surface area (Å²) in [6.45, 7) is 6.64. The Morgan fingerprint density at radius 1 is 1.39 bits per heavy atom. The van der Waals surface area contributed by atoms with Gasteiger partial charge in [0.05, 0.1) is 18.8 Å². The molecular formula is C12H25N3O3. The maximum absolute atomic E-state index is 12.0. The number of hydrogen-bond acceptors (Lipinski definition) is 5. The molecule has 0 radical (unpaired) electrons. The minimum Gasteiger partial charge on any atom is -0.382 e. The molecule has 2 N–H and O–H groups in total. The maximum Gasteiger partial charge on any atom is 0.237 e. The number of carbonyl (C=O) groups excluding carboxylic acids is 1. The van der Waals surface area contributed by atoms with E-state index in [1.54, 1.807) is 14.2 Å². The van der Waals surface area contributed by atoms with E-state index in [1.807, 2.05) is 6.92 Å². The lowest BCUT2D eigenvalue weighted by Crippen LogP contribution is -2.53. The Morgan fingerprint density at radius 2 is 2.06 bits per heavy atom. The molecule has 0 aromatic heterocycles. The van der Waals surface area contributed by atoms with Gasteiger partial charge in [0, 0.05) is 46.9 Å². The van der Waals surface area contributed by atoms with E-state index in [2.05, 4.69) is 15.5 Å². The van der Waals surface area contributed by atoms with Crippen LogP contribution in [-0.2, 0) is 14.3 Å². The van der Waals surface area contributed by atoms with Crippen molar-refractivity contribution in [3.8, 4) is 0 Å². The molecule has 1 amide bonds. The molecule has 2 unspecified atom stereocenters. The molecule has 0 saturated carbocycles. The Labute approximate surface area is 109 Å². The average molecular weight is 259 g/mol. The van der Waals surface area contributed by atoms with Crippen LogP contribution in [0.15, 0.2) is 0 Å². The van der Waals surface area contributed by atoms with Crippen LogP contribution < -0.4 is 10.6 Å². The van der Waals surface area contributed by atoms with Gasteiger partial charge < -0.3 is 20.1 Å².